The van der Waals surface area contributed by atoms with Gasteiger partial charge in [-0.15, -0.1) is 11.3 Å². The molecule has 0 aliphatic heterocycles. The average Bonchev–Trinajstić information content (AvgIpc) is 2.86. The molecule has 2 rings (SSSR count). The van der Waals surface area contributed by atoms with Gasteiger partial charge in [-0.1, -0.05) is 16.8 Å². The van der Waals surface area contributed by atoms with Crippen molar-refractivity contribution in [2.24, 2.45) is 5.16 Å². The lowest BCUT2D eigenvalue weighted by Crippen LogP contribution is -2.12. The maximum Gasteiger partial charge on any atom is 0.258 e. The Balaban J connectivity index is 2.17. The fourth-order valence-electron chi connectivity index (χ4n) is 1.39. The summed E-state index contributed by atoms with van der Waals surface area (Å²) in [5, 5.41) is 16.2. The topological polar surface area (TPSA) is 74.6 Å². The first-order valence-corrected chi connectivity index (χ1v) is 6.68. The molecule has 0 saturated heterocycles. The van der Waals surface area contributed by atoms with Crippen molar-refractivity contribution in [2.75, 3.05) is 5.32 Å². The summed E-state index contributed by atoms with van der Waals surface area (Å²) in [6.45, 7) is 1.58. The zero-order valence-electron chi connectivity index (χ0n) is 10.2. The molecule has 0 aliphatic carbocycles. The molecule has 1 heterocycles. The highest BCUT2D eigenvalue weighted by molar-refractivity contribution is 7.14. The minimum absolute atomic E-state index is 0.0207. The van der Waals surface area contributed by atoms with E-state index in [4.69, 9.17) is 16.8 Å². The first-order valence-electron chi connectivity index (χ1n) is 5.42. The molecule has 1 aromatic heterocycles. The van der Waals surface area contributed by atoms with E-state index >= 15 is 0 Å². The first kappa shape index (κ1) is 14.4. The van der Waals surface area contributed by atoms with Gasteiger partial charge in [0.1, 0.15) is 17.2 Å². The number of oxime groups is 1. The summed E-state index contributed by atoms with van der Waals surface area (Å²) in [6, 6.07) is 3.50. The molecule has 20 heavy (non-hydrogen) atoms. The SMILES string of the molecule is CC(=NO)c1csc(NC(=O)c2ccc(F)cc2Cl)n1. The molecular formula is C12H9ClFN3O2S. The highest BCUT2D eigenvalue weighted by atomic mass is 35.5. The fraction of sp³-hybridized carbons (Fsp3) is 0.0833. The molecule has 0 bridgehead atoms. The van der Waals surface area contributed by atoms with Gasteiger partial charge in [0, 0.05) is 5.38 Å². The van der Waals surface area contributed by atoms with E-state index < -0.39 is 11.7 Å². The van der Waals surface area contributed by atoms with Crippen LogP contribution in [0.2, 0.25) is 5.02 Å². The number of hydrogen-bond acceptors (Lipinski definition) is 5. The summed E-state index contributed by atoms with van der Waals surface area (Å²) < 4.78 is 12.9. The second-order valence-corrected chi connectivity index (χ2v) is 5.07. The summed E-state index contributed by atoms with van der Waals surface area (Å²) in [6.07, 6.45) is 0. The second-order valence-electron chi connectivity index (χ2n) is 3.80. The van der Waals surface area contributed by atoms with Crippen LogP contribution in [-0.4, -0.2) is 21.8 Å². The summed E-state index contributed by atoms with van der Waals surface area (Å²) >= 11 is 6.97. The smallest absolute Gasteiger partial charge is 0.258 e. The molecule has 0 fully saturated rings. The predicted molar refractivity (Wildman–Crippen MR) is 75.5 cm³/mol. The van der Waals surface area contributed by atoms with Gasteiger partial charge in [0.15, 0.2) is 5.13 Å². The van der Waals surface area contributed by atoms with Crippen molar-refractivity contribution < 1.29 is 14.4 Å². The number of anilines is 1. The lowest BCUT2D eigenvalue weighted by atomic mass is 10.2. The number of rotatable bonds is 3. The summed E-state index contributed by atoms with van der Waals surface area (Å²) in [7, 11) is 0. The van der Waals surface area contributed by atoms with Crippen molar-refractivity contribution in [3.05, 3.63) is 45.7 Å². The Kier molecular flexibility index (Phi) is 4.31. The molecule has 0 unspecified atom stereocenters. The second kappa shape index (κ2) is 5.98. The highest BCUT2D eigenvalue weighted by Crippen LogP contribution is 2.21. The van der Waals surface area contributed by atoms with Crippen LogP contribution in [0.3, 0.4) is 0 Å². The molecule has 1 aromatic carbocycles. The quantitative estimate of drug-likeness (QED) is 0.518. The van der Waals surface area contributed by atoms with Gasteiger partial charge in [0.05, 0.1) is 10.6 Å². The van der Waals surface area contributed by atoms with E-state index in [0.717, 1.165) is 12.1 Å². The van der Waals surface area contributed by atoms with Crippen LogP contribution in [0.4, 0.5) is 9.52 Å². The highest BCUT2D eigenvalue weighted by Gasteiger charge is 2.13. The number of halogens is 2. The average molecular weight is 314 g/mol. The van der Waals surface area contributed by atoms with E-state index in [2.05, 4.69) is 15.5 Å². The van der Waals surface area contributed by atoms with E-state index in [0.29, 0.717) is 16.5 Å². The molecule has 104 valence electrons. The zero-order valence-corrected chi connectivity index (χ0v) is 11.8. The Morgan fingerprint density at radius 3 is 2.95 bits per heavy atom. The molecular weight excluding hydrogens is 305 g/mol. The van der Waals surface area contributed by atoms with Crippen LogP contribution < -0.4 is 5.32 Å². The Morgan fingerprint density at radius 1 is 1.55 bits per heavy atom. The van der Waals surface area contributed by atoms with Crippen molar-refractivity contribution in [3.63, 3.8) is 0 Å². The monoisotopic (exact) mass is 313 g/mol. The van der Waals surface area contributed by atoms with Crippen molar-refractivity contribution in [1.82, 2.24) is 4.98 Å². The van der Waals surface area contributed by atoms with Crippen LogP contribution in [0, 0.1) is 5.82 Å². The minimum atomic E-state index is -0.516. The Morgan fingerprint density at radius 2 is 2.30 bits per heavy atom. The molecule has 0 saturated carbocycles. The van der Waals surface area contributed by atoms with Crippen molar-refractivity contribution in [3.8, 4) is 0 Å². The van der Waals surface area contributed by atoms with E-state index in [1.165, 1.54) is 17.4 Å². The molecule has 5 nitrogen and oxygen atoms in total. The van der Waals surface area contributed by atoms with Gasteiger partial charge in [0.25, 0.3) is 5.91 Å². The lowest BCUT2D eigenvalue weighted by Gasteiger charge is -2.03. The Bertz CT molecular complexity index is 687. The van der Waals surface area contributed by atoms with Crippen LogP contribution in [0.1, 0.15) is 23.0 Å². The van der Waals surface area contributed by atoms with Gasteiger partial charge in [-0.3, -0.25) is 10.1 Å². The maximum atomic E-state index is 12.9. The summed E-state index contributed by atoms with van der Waals surface area (Å²) in [5.41, 5.74) is 0.942. The van der Waals surface area contributed by atoms with E-state index in [1.807, 2.05) is 0 Å². The molecule has 1 amide bonds. The standard InChI is InChI=1S/C12H9ClFN3O2S/c1-6(17-19)10-5-20-12(15-10)16-11(18)8-3-2-7(14)4-9(8)13/h2-5,19H,1H3,(H,15,16,18). The van der Waals surface area contributed by atoms with Gasteiger partial charge in [0.2, 0.25) is 0 Å². The third-order valence-corrected chi connectivity index (χ3v) is 3.49. The molecule has 0 atom stereocenters. The van der Waals surface area contributed by atoms with Crippen molar-refractivity contribution in [1.29, 1.82) is 0 Å². The molecule has 0 radical (unpaired) electrons. The minimum Gasteiger partial charge on any atom is -0.411 e. The van der Waals surface area contributed by atoms with Crippen molar-refractivity contribution in [2.45, 2.75) is 6.92 Å². The van der Waals surface area contributed by atoms with Gasteiger partial charge in [-0.2, -0.15) is 0 Å². The van der Waals surface area contributed by atoms with Gasteiger partial charge >= 0.3 is 0 Å². The first-order chi connectivity index (χ1) is 9.51. The summed E-state index contributed by atoms with van der Waals surface area (Å²) in [4.78, 5) is 16.0. The largest absolute Gasteiger partial charge is 0.411 e. The zero-order chi connectivity index (χ0) is 14.7. The summed E-state index contributed by atoms with van der Waals surface area (Å²) in [5.74, 6) is -1.01. The molecule has 0 spiro atoms. The predicted octanol–water partition coefficient (Wildman–Crippen LogP) is 3.39. The Hall–Kier alpha value is -1.99. The number of thiazole rings is 1. The fourth-order valence-corrected chi connectivity index (χ4v) is 2.39. The molecule has 2 N–H and O–H groups in total. The molecule has 8 heteroatoms. The third kappa shape index (κ3) is 3.12. The van der Waals surface area contributed by atoms with E-state index in [1.54, 1.807) is 12.3 Å². The van der Waals surface area contributed by atoms with Crippen LogP contribution in [-0.2, 0) is 0 Å². The van der Waals surface area contributed by atoms with Gasteiger partial charge in [-0.05, 0) is 25.1 Å². The van der Waals surface area contributed by atoms with Crippen LogP contribution >= 0.6 is 22.9 Å². The van der Waals surface area contributed by atoms with Gasteiger partial charge < -0.3 is 5.21 Å². The maximum absolute atomic E-state index is 12.9. The molecule has 0 aliphatic rings. The van der Waals surface area contributed by atoms with Crippen LogP contribution in [0.5, 0.6) is 0 Å². The van der Waals surface area contributed by atoms with Crippen molar-refractivity contribution >= 4 is 39.7 Å². The lowest BCUT2D eigenvalue weighted by molar-refractivity contribution is 0.102. The number of aromatic nitrogens is 1. The third-order valence-electron chi connectivity index (χ3n) is 2.42. The van der Waals surface area contributed by atoms with E-state index in [-0.39, 0.29) is 10.6 Å². The number of hydrogen-bond donors (Lipinski definition) is 2. The number of nitrogens with one attached hydrogen (secondary N) is 1. The molecule has 2 aromatic rings. The number of nitrogens with zero attached hydrogens (tertiary/aromatic N) is 2. The van der Waals surface area contributed by atoms with Crippen LogP contribution in [0.25, 0.3) is 0 Å². The van der Waals surface area contributed by atoms with Gasteiger partial charge in [-0.25, -0.2) is 9.37 Å². The number of carbonyl (C=O) groups excluding carboxylic acids is 1. The van der Waals surface area contributed by atoms with Crippen LogP contribution in [0.15, 0.2) is 28.7 Å². The normalized spacial score (nSPS) is 11.4. The number of carbonyl (C=O) groups is 1. The number of amides is 1. The Labute approximate surface area is 122 Å². The number of benzene rings is 1. The van der Waals surface area contributed by atoms with E-state index in [9.17, 15) is 9.18 Å².